The first-order chi connectivity index (χ1) is 8.28. The summed E-state index contributed by atoms with van der Waals surface area (Å²) in [4.78, 5) is 15.9. The van der Waals surface area contributed by atoms with Crippen LogP contribution in [0, 0.1) is 0 Å². The van der Waals surface area contributed by atoms with Crippen LogP contribution in [0.3, 0.4) is 0 Å². The van der Waals surface area contributed by atoms with Crippen molar-refractivity contribution < 1.29 is 9.53 Å². The zero-order chi connectivity index (χ0) is 12.1. The maximum absolute atomic E-state index is 11.8. The van der Waals surface area contributed by atoms with Gasteiger partial charge in [-0.05, 0) is 17.7 Å². The Morgan fingerprint density at radius 3 is 2.65 bits per heavy atom. The highest BCUT2D eigenvalue weighted by atomic mass is 32.1. The maximum Gasteiger partial charge on any atom is 0.144 e. The first-order valence-corrected chi connectivity index (χ1v) is 6.19. The van der Waals surface area contributed by atoms with Crippen LogP contribution in [-0.2, 0) is 17.6 Å². The Kier molecular flexibility index (Phi) is 3.88. The number of rotatable bonds is 5. The number of ether oxygens (including phenoxy) is 1. The molecule has 0 unspecified atom stereocenters. The van der Waals surface area contributed by atoms with Gasteiger partial charge in [0.2, 0.25) is 0 Å². The molecule has 0 saturated heterocycles. The van der Waals surface area contributed by atoms with E-state index in [0.29, 0.717) is 12.8 Å². The number of ketones is 1. The van der Waals surface area contributed by atoms with Crippen molar-refractivity contribution in [2.75, 3.05) is 7.11 Å². The molecule has 0 atom stereocenters. The van der Waals surface area contributed by atoms with Gasteiger partial charge in [0.1, 0.15) is 11.5 Å². The molecule has 2 aromatic rings. The highest BCUT2D eigenvalue weighted by Crippen LogP contribution is 2.13. The van der Waals surface area contributed by atoms with Crippen LogP contribution in [-0.4, -0.2) is 17.9 Å². The van der Waals surface area contributed by atoms with Crippen molar-refractivity contribution >= 4 is 17.1 Å². The molecule has 0 saturated carbocycles. The van der Waals surface area contributed by atoms with Gasteiger partial charge in [0.25, 0.3) is 0 Å². The smallest absolute Gasteiger partial charge is 0.144 e. The fraction of sp³-hybridized carbons (Fsp3) is 0.231. The van der Waals surface area contributed by atoms with E-state index in [1.165, 1.54) is 11.3 Å². The van der Waals surface area contributed by atoms with Gasteiger partial charge in [-0.1, -0.05) is 12.1 Å². The zero-order valence-electron chi connectivity index (χ0n) is 9.55. The first-order valence-electron chi connectivity index (χ1n) is 5.31. The third kappa shape index (κ3) is 3.39. The first kappa shape index (κ1) is 11.8. The molecule has 0 aliphatic carbocycles. The minimum absolute atomic E-state index is 0.185. The Bertz CT molecular complexity index is 477. The molecule has 0 aliphatic heterocycles. The van der Waals surface area contributed by atoms with E-state index in [2.05, 4.69) is 4.98 Å². The van der Waals surface area contributed by atoms with E-state index in [-0.39, 0.29) is 5.78 Å². The molecule has 1 aromatic carbocycles. The van der Waals surface area contributed by atoms with E-state index >= 15 is 0 Å². The van der Waals surface area contributed by atoms with E-state index in [1.807, 2.05) is 29.6 Å². The van der Waals surface area contributed by atoms with Crippen molar-refractivity contribution in [3.8, 4) is 5.75 Å². The largest absolute Gasteiger partial charge is 0.497 e. The average molecular weight is 247 g/mol. The summed E-state index contributed by atoms with van der Waals surface area (Å²) >= 11 is 1.52. The third-order valence-electron chi connectivity index (χ3n) is 2.39. The van der Waals surface area contributed by atoms with E-state index in [4.69, 9.17) is 4.74 Å². The lowest BCUT2D eigenvalue weighted by molar-refractivity contribution is -0.117. The van der Waals surface area contributed by atoms with Gasteiger partial charge in [-0.15, -0.1) is 11.3 Å². The lowest BCUT2D eigenvalue weighted by atomic mass is 10.1. The van der Waals surface area contributed by atoms with E-state index in [0.717, 1.165) is 16.3 Å². The van der Waals surface area contributed by atoms with E-state index in [1.54, 1.807) is 13.3 Å². The highest BCUT2D eigenvalue weighted by molar-refractivity contribution is 7.09. The van der Waals surface area contributed by atoms with Gasteiger partial charge in [-0.25, -0.2) is 4.98 Å². The Hall–Kier alpha value is -1.68. The fourth-order valence-electron chi connectivity index (χ4n) is 1.54. The summed E-state index contributed by atoms with van der Waals surface area (Å²) in [6.45, 7) is 0. The molecular weight excluding hydrogens is 234 g/mol. The van der Waals surface area contributed by atoms with Gasteiger partial charge >= 0.3 is 0 Å². The van der Waals surface area contributed by atoms with Crippen LogP contribution in [0.5, 0.6) is 5.75 Å². The molecular formula is C13H13NO2S. The molecule has 4 heteroatoms. The van der Waals surface area contributed by atoms with E-state index in [9.17, 15) is 4.79 Å². The number of hydrogen-bond acceptors (Lipinski definition) is 4. The molecule has 0 amide bonds. The lowest BCUT2D eigenvalue weighted by Crippen LogP contribution is -2.06. The van der Waals surface area contributed by atoms with Crippen molar-refractivity contribution in [1.82, 2.24) is 4.98 Å². The zero-order valence-corrected chi connectivity index (χ0v) is 10.4. The molecule has 3 nitrogen and oxygen atoms in total. The summed E-state index contributed by atoms with van der Waals surface area (Å²) in [5, 5.41) is 2.76. The maximum atomic E-state index is 11.8. The Morgan fingerprint density at radius 2 is 2.06 bits per heavy atom. The van der Waals surface area contributed by atoms with Crippen molar-refractivity contribution in [1.29, 1.82) is 0 Å². The normalized spacial score (nSPS) is 10.2. The summed E-state index contributed by atoms with van der Waals surface area (Å²) < 4.78 is 5.07. The molecule has 88 valence electrons. The van der Waals surface area contributed by atoms with Gasteiger partial charge in [-0.2, -0.15) is 0 Å². The van der Waals surface area contributed by atoms with Crippen LogP contribution >= 0.6 is 11.3 Å². The SMILES string of the molecule is COc1ccc(CC(=O)Cc2nccs2)cc1. The number of benzene rings is 1. The second kappa shape index (κ2) is 5.59. The molecule has 1 heterocycles. The number of methoxy groups -OCH3 is 1. The van der Waals surface area contributed by atoms with Crippen LogP contribution in [0.1, 0.15) is 10.6 Å². The minimum atomic E-state index is 0.185. The van der Waals surface area contributed by atoms with Crippen LogP contribution in [0.2, 0.25) is 0 Å². The highest BCUT2D eigenvalue weighted by Gasteiger charge is 2.07. The standard InChI is InChI=1S/C13H13NO2S/c1-16-12-4-2-10(3-5-12)8-11(15)9-13-14-6-7-17-13/h2-7H,8-9H2,1H3. The predicted molar refractivity (Wildman–Crippen MR) is 67.5 cm³/mol. The predicted octanol–water partition coefficient (Wildman–Crippen LogP) is 2.51. The van der Waals surface area contributed by atoms with Gasteiger partial charge in [0.15, 0.2) is 0 Å². The number of aromatic nitrogens is 1. The number of thiazole rings is 1. The second-order valence-electron chi connectivity index (χ2n) is 3.67. The monoisotopic (exact) mass is 247 g/mol. The summed E-state index contributed by atoms with van der Waals surface area (Å²) in [7, 11) is 1.63. The Balaban J connectivity index is 1.93. The average Bonchev–Trinajstić information content (AvgIpc) is 2.82. The second-order valence-corrected chi connectivity index (χ2v) is 4.65. The minimum Gasteiger partial charge on any atom is -0.497 e. The summed E-state index contributed by atoms with van der Waals surface area (Å²) in [5.41, 5.74) is 1.01. The van der Waals surface area contributed by atoms with Crippen molar-refractivity contribution in [2.24, 2.45) is 0 Å². The number of carbonyl (C=O) groups is 1. The van der Waals surface area contributed by atoms with Gasteiger partial charge in [0.05, 0.1) is 18.5 Å². The molecule has 0 N–H and O–H groups in total. The summed E-state index contributed by atoms with van der Waals surface area (Å²) in [6, 6.07) is 7.56. The lowest BCUT2D eigenvalue weighted by Gasteiger charge is -2.02. The van der Waals surface area contributed by atoms with Gasteiger partial charge in [-0.3, -0.25) is 4.79 Å². The van der Waals surface area contributed by atoms with Crippen molar-refractivity contribution in [2.45, 2.75) is 12.8 Å². The fourth-order valence-corrected chi connectivity index (χ4v) is 2.19. The molecule has 0 bridgehead atoms. The molecule has 1 aromatic heterocycles. The number of carbonyl (C=O) groups excluding carboxylic acids is 1. The number of hydrogen-bond donors (Lipinski definition) is 0. The quantitative estimate of drug-likeness (QED) is 0.815. The Morgan fingerprint density at radius 1 is 1.29 bits per heavy atom. The molecule has 0 radical (unpaired) electrons. The third-order valence-corrected chi connectivity index (χ3v) is 3.17. The van der Waals surface area contributed by atoms with Crippen LogP contribution in [0.4, 0.5) is 0 Å². The number of Topliss-reactive ketones (excluding diaryl/α,β-unsaturated/α-hetero) is 1. The summed E-state index contributed by atoms with van der Waals surface area (Å²) in [5.74, 6) is 0.992. The van der Waals surface area contributed by atoms with Crippen LogP contribution in [0.15, 0.2) is 35.8 Å². The Labute approximate surface area is 104 Å². The molecule has 2 rings (SSSR count). The topological polar surface area (TPSA) is 39.2 Å². The molecule has 0 aliphatic rings. The van der Waals surface area contributed by atoms with Crippen molar-refractivity contribution in [3.05, 3.63) is 46.4 Å². The van der Waals surface area contributed by atoms with Gasteiger partial charge < -0.3 is 4.74 Å². The number of nitrogens with zero attached hydrogens (tertiary/aromatic N) is 1. The molecule has 0 spiro atoms. The van der Waals surface area contributed by atoms with Crippen LogP contribution in [0.25, 0.3) is 0 Å². The molecule has 0 fully saturated rings. The van der Waals surface area contributed by atoms with Crippen molar-refractivity contribution in [3.63, 3.8) is 0 Å². The summed E-state index contributed by atoms with van der Waals surface area (Å²) in [6.07, 6.45) is 2.59. The van der Waals surface area contributed by atoms with Gasteiger partial charge in [0, 0.05) is 18.0 Å². The van der Waals surface area contributed by atoms with Crippen LogP contribution < -0.4 is 4.74 Å². The molecule has 17 heavy (non-hydrogen) atoms. The van der Waals surface area contributed by atoms with E-state index < -0.39 is 0 Å².